The van der Waals surface area contributed by atoms with E-state index < -0.39 is 0 Å². The first-order valence-corrected chi connectivity index (χ1v) is 8.37. The molecule has 21 heavy (non-hydrogen) atoms. The summed E-state index contributed by atoms with van der Waals surface area (Å²) in [5.74, 6) is 0. The van der Waals surface area contributed by atoms with Crippen molar-refractivity contribution in [3.05, 3.63) is 58.1 Å². The smallest absolute Gasteiger partial charge is 0.0555 e. The van der Waals surface area contributed by atoms with Crippen LogP contribution in [0.1, 0.15) is 24.5 Å². The third-order valence-corrected chi connectivity index (χ3v) is 4.85. The summed E-state index contributed by atoms with van der Waals surface area (Å²) < 4.78 is 1.15. The summed E-state index contributed by atoms with van der Waals surface area (Å²) in [4.78, 5) is 2.39. The van der Waals surface area contributed by atoms with Gasteiger partial charge in [-0.3, -0.25) is 0 Å². The second-order valence-electron chi connectivity index (χ2n) is 5.69. The molecule has 0 bridgehead atoms. The molecule has 1 heterocycles. The summed E-state index contributed by atoms with van der Waals surface area (Å²) in [7, 11) is 0. The fourth-order valence-electron chi connectivity index (χ4n) is 2.93. The Morgan fingerprint density at radius 3 is 2.76 bits per heavy atom. The van der Waals surface area contributed by atoms with Crippen molar-refractivity contribution in [2.24, 2.45) is 5.73 Å². The van der Waals surface area contributed by atoms with Gasteiger partial charge < -0.3 is 10.6 Å². The number of benzene rings is 2. The van der Waals surface area contributed by atoms with Gasteiger partial charge in [0.15, 0.2) is 0 Å². The Labute approximate surface area is 135 Å². The first kappa shape index (κ1) is 14.6. The molecule has 0 amide bonds. The molecule has 2 N–H and O–H groups in total. The molecular weight excluding hydrogens is 324 g/mol. The van der Waals surface area contributed by atoms with Crippen LogP contribution in [0.4, 0.5) is 11.4 Å². The van der Waals surface area contributed by atoms with E-state index in [0.717, 1.165) is 30.3 Å². The minimum atomic E-state index is 0.246. The summed E-state index contributed by atoms with van der Waals surface area (Å²) in [6.45, 7) is 3.18. The van der Waals surface area contributed by atoms with Crippen molar-refractivity contribution in [2.75, 3.05) is 11.4 Å². The SMILES string of the molecule is CCC(N)Cc1ccc(N2CCc3ccccc32)c(Br)c1. The van der Waals surface area contributed by atoms with Gasteiger partial charge in [-0.05, 0) is 64.5 Å². The van der Waals surface area contributed by atoms with Crippen LogP contribution >= 0.6 is 15.9 Å². The van der Waals surface area contributed by atoms with Gasteiger partial charge in [-0.15, -0.1) is 0 Å². The van der Waals surface area contributed by atoms with Crippen molar-refractivity contribution in [1.82, 2.24) is 0 Å². The lowest BCUT2D eigenvalue weighted by Gasteiger charge is -2.22. The van der Waals surface area contributed by atoms with E-state index in [4.69, 9.17) is 5.73 Å². The number of rotatable bonds is 4. The number of halogens is 1. The molecule has 0 spiro atoms. The third-order valence-electron chi connectivity index (χ3n) is 4.21. The van der Waals surface area contributed by atoms with Crippen LogP contribution in [0.5, 0.6) is 0 Å². The molecule has 2 nitrogen and oxygen atoms in total. The highest BCUT2D eigenvalue weighted by molar-refractivity contribution is 9.10. The van der Waals surface area contributed by atoms with Crippen molar-refractivity contribution >= 4 is 27.3 Å². The van der Waals surface area contributed by atoms with E-state index in [1.165, 1.54) is 22.5 Å². The van der Waals surface area contributed by atoms with Crippen molar-refractivity contribution in [1.29, 1.82) is 0 Å². The molecule has 1 atom stereocenters. The Bertz CT molecular complexity index is 639. The molecule has 0 saturated heterocycles. The predicted octanol–water partition coefficient (Wildman–Crippen LogP) is 4.42. The number of nitrogens with zero attached hydrogens (tertiary/aromatic N) is 1. The van der Waals surface area contributed by atoms with Crippen molar-refractivity contribution in [3.63, 3.8) is 0 Å². The Hall–Kier alpha value is -1.32. The standard InChI is InChI=1S/C18H21BrN2/c1-2-15(20)11-13-7-8-18(16(19)12-13)21-10-9-14-5-3-4-6-17(14)21/h3-8,12,15H,2,9-11,20H2,1H3. The minimum absolute atomic E-state index is 0.246. The summed E-state index contributed by atoms with van der Waals surface area (Å²) in [6.07, 6.45) is 3.07. The van der Waals surface area contributed by atoms with Crippen molar-refractivity contribution < 1.29 is 0 Å². The van der Waals surface area contributed by atoms with Crippen molar-refractivity contribution in [2.45, 2.75) is 32.2 Å². The second kappa shape index (κ2) is 6.20. The number of hydrogen-bond acceptors (Lipinski definition) is 2. The zero-order valence-electron chi connectivity index (χ0n) is 12.3. The summed E-state index contributed by atoms with van der Waals surface area (Å²) in [5.41, 5.74) is 11.4. The maximum Gasteiger partial charge on any atom is 0.0555 e. The molecule has 110 valence electrons. The number of para-hydroxylation sites is 1. The minimum Gasteiger partial charge on any atom is -0.340 e. The van der Waals surface area contributed by atoms with Crippen LogP contribution in [0.25, 0.3) is 0 Å². The number of nitrogens with two attached hydrogens (primary N) is 1. The maximum absolute atomic E-state index is 6.05. The molecule has 2 aromatic rings. The van der Waals surface area contributed by atoms with E-state index in [1.807, 2.05) is 0 Å². The zero-order valence-corrected chi connectivity index (χ0v) is 13.9. The van der Waals surface area contributed by atoms with Gasteiger partial charge in [0, 0.05) is 22.7 Å². The van der Waals surface area contributed by atoms with Crippen LogP contribution in [0.15, 0.2) is 46.9 Å². The molecule has 2 aromatic carbocycles. The van der Waals surface area contributed by atoms with E-state index in [9.17, 15) is 0 Å². The van der Waals surface area contributed by atoms with Crippen molar-refractivity contribution in [3.8, 4) is 0 Å². The molecule has 3 rings (SSSR count). The fraction of sp³-hybridized carbons (Fsp3) is 0.333. The number of fused-ring (bicyclic) bond motifs is 1. The van der Waals surface area contributed by atoms with E-state index in [1.54, 1.807) is 0 Å². The van der Waals surface area contributed by atoms with Gasteiger partial charge in [-0.2, -0.15) is 0 Å². The van der Waals surface area contributed by atoms with Gasteiger partial charge in [0.25, 0.3) is 0 Å². The summed E-state index contributed by atoms with van der Waals surface area (Å²) >= 11 is 3.74. The highest BCUT2D eigenvalue weighted by atomic mass is 79.9. The summed E-state index contributed by atoms with van der Waals surface area (Å²) in [5, 5.41) is 0. The van der Waals surface area contributed by atoms with Gasteiger partial charge in [-0.1, -0.05) is 31.2 Å². The quantitative estimate of drug-likeness (QED) is 0.889. The lowest BCUT2D eigenvalue weighted by molar-refractivity contribution is 0.646. The van der Waals surface area contributed by atoms with Crippen LogP contribution in [0.3, 0.4) is 0 Å². The predicted molar refractivity (Wildman–Crippen MR) is 93.3 cm³/mol. The highest BCUT2D eigenvalue weighted by Gasteiger charge is 2.21. The fourth-order valence-corrected chi connectivity index (χ4v) is 3.57. The van der Waals surface area contributed by atoms with E-state index in [-0.39, 0.29) is 6.04 Å². The maximum atomic E-state index is 6.05. The highest BCUT2D eigenvalue weighted by Crippen LogP contribution is 2.38. The van der Waals surface area contributed by atoms with Crippen LogP contribution in [-0.4, -0.2) is 12.6 Å². The molecule has 0 aromatic heterocycles. The zero-order chi connectivity index (χ0) is 14.8. The van der Waals surface area contributed by atoms with E-state index >= 15 is 0 Å². The second-order valence-corrected chi connectivity index (χ2v) is 6.54. The number of hydrogen-bond donors (Lipinski definition) is 1. The Morgan fingerprint density at radius 1 is 1.19 bits per heavy atom. The van der Waals surface area contributed by atoms with Gasteiger partial charge in [0.05, 0.1) is 5.69 Å². The lowest BCUT2D eigenvalue weighted by Crippen LogP contribution is -2.21. The van der Waals surface area contributed by atoms with Gasteiger partial charge in [0.2, 0.25) is 0 Å². The van der Waals surface area contributed by atoms with Crippen LogP contribution < -0.4 is 10.6 Å². The molecule has 1 aliphatic heterocycles. The largest absolute Gasteiger partial charge is 0.340 e. The van der Waals surface area contributed by atoms with E-state index in [2.05, 4.69) is 70.2 Å². The molecule has 0 fully saturated rings. The van der Waals surface area contributed by atoms with Gasteiger partial charge >= 0.3 is 0 Å². The third kappa shape index (κ3) is 2.99. The number of anilines is 2. The van der Waals surface area contributed by atoms with Crippen LogP contribution in [0, 0.1) is 0 Å². The Morgan fingerprint density at radius 2 is 2.00 bits per heavy atom. The monoisotopic (exact) mass is 344 g/mol. The Kier molecular flexibility index (Phi) is 4.32. The average Bonchev–Trinajstić information content (AvgIpc) is 2.91. The molecule has 3 heteroatoms. The molecule has 1 aliphatic rings. The topological polar surface area (TPSA) is 29.3 Å². The first-order valence-electron chi connectivity index (χ1n) is 7.58. The molecule has 0 saturated carbocycles. The van der Waals surface area contributed by atoms with Crippen LogP contribution in [-0.2, 0) is 12.8 Å². The Balaban J connectivity index is 1.87. The molecule has 0 radical (unpaired) electrons. The first-order chi connectivity index (χ1) is 10.2. The molecular formula is C18H21BrN2. The average molecular weight is 345 g/mol. The normalized spacial score (nSPS) is 15.1. The van der Waals surface area contributed by atoms with Gasteiger partial charge in [-0.25, -0.2) is 0 Å². The van der Waals surface area contributed by atoms with Gasteiger partial charge in [0.1, 0.15) is 0 Å². The molecule has 1 unspecified atom stereocenters. The van der Waals surface area contributed by atoms with Crippen LogP contribution in [0.2, 0.25) is 0 Å². The lowest BCUT2D eigenvalue weighted by atomic mass is 10.0. The molecule has 0 aliphatic carbocycles. The van der Waals surface area contributed by atoms with E-state index in [0.29, 0.717) is 0 Å². The summed E-state index contributed by atoms with van der Waals surface area (Å²) in [6, 6.07) is 15.5.